The highest BCUT2D eigenvalue weighted by molar-refractivity contribution is 7.26. The summed E-state index contributed by atoms with van der Waals surface area (Å²) in [5.41, 5.74) is 8.92. The Labute approximate surface area is 335 Å². The molecule has 0 saturated carbocycles. The second kappa shape index (κ2) is 12.8. The maximum Gasteiger partial charge on any atom is 0.165 e. The van der Waals surface area contributed by atoms with Crippen LogP contribution in [0.2, 0.25) is 0 Å². The number of aromatic nitrogens is 4. The summed E-state index contributed by atoms with van der Waals surface area (Å²) in [7, 11) is 0. The molecule has 0 aliphatic heterocycles. The van der Waals surface area contributed by atoms with Gasteiger partial charge in [0.05, 0.1) is 11.0 Å². The minimum atomic E-state index is 0.660. The van der Waals surface area contributed by atoms with Crippen molar-refractivity contribution in [1.82, 2.24) is 19.5 Å². The summed E-state index contributed by atoms with van der Waals surface area (Å²) in [6.07, 6.45) is 0. The predicted octanol–water partition coefficient (Wildman–Crippen LogP) is 14.4. The Bertz CT molecular complexity index is 3530. The molecule has 0 atom stereocenters. The van der Waals surface area contributed by atoms with Crippen molar-refractivity contribution in [2.75, 3.05) is 0 Å². The lowest BCUT2D eigenvalue weighted by molar-refractivity contribution is 1.08. The third-order valence-electron chi connectivity index (χ3n) is 11.1. The van der Waals surface area contributed by atoms with E-state index in [1.54, 1.807) is 11.3 Å². The van der Waals surface area contributed by atoms with E-state index in [1.165, 1.54) is 67.9 Å². The van der Waals surface area contributed by atoms with Crippen LogP contribution in [0.1, 0.15) is 0 Å². The molecule has 0 radical (unpaired) electrons. The maximum atomic E-state index is 5.32. The molecule has 4 aromatic heterocycles. The van der Waals surface area contributed by atoms with Crippen molar-refractivity contribution in [2.45, 2.75) is 0 Å². The number of rotatable bonds is 5. The van der Waals surface area contributed by atoms with Crippen LogP contribution in [0.15, 0.2) is 182 Å². The van der Waals surface area contributed by atoms with Crippen LogP contribution >= 0.6 is 22.7 Å². The van der Waals surface area contributed by atoms with Crippen LogP contribution in [0.3, 0.4) is 0 Å². The number of fused-ring (bicyclic) bond motifs is 9. The molecule has 4 heterocycles. The molecule has 57 heavy (non-hydrogen) atoms. The molecular formula is C51H30N4S2. The van der Waals surface area contributed by atoms with Crippen LogP contribution in [0.5, 0.6) is 0 Å². The highest BCUT2D eigenvalue weighted by Crippen LogP contribution is 2.45. The average molecular weight is 763 g/mol. The van der Waals surface area contributed by atoms with Crippen molar-refractivity contribution >= 4 is 84.8 Å². The van der Waals surface area contributed by atoms with Crippen LogP contribution in [0.25, 0.3) is 113 Å². The minimum Gasteiger partial charge on any atom is -0.309 e. The van der Waals surface area contributed by atoms with Crippen LogP contribution in [-0.4, -0.2) is 19.5 Å². The summed E-state index contributed by atoms with van der Waals surface area (Å²) in [6.45, 7) is 0. The third-order valence-corrected chi connectivity index (χ3v) is 13.5. The first-order valence-electron chi connectivity index (χ1n) is 19.0. The summed E-state index contributed by atoms with van der Waals surface area (Å²) in [5.74, 6) is 2.00. The van der Waals surface area contributed by atoms with Crippen molar-refractivity contribution in [1.29, 1.82) is 0 Å². The lowest BCUT2D eigenvalue weighted by Gasteiger charge is -2.10. The van der Waals surface area contributed by atoms with Crippen molar-refractivity contribution in [3.05, 3.63) is 182 Å². The first-order valence-corrected chi connectivity index (χ1v) is 20.7. The van der Waals surface area contributed by atoms with Gasteiger partial charge in [-0.3, -0.25) is 0 Å². The summed E-state index contributed by atoms with van der Waals surface area (Å²) in [5, 5.41) is 7.33. The van der Waals surface area contributed by atoms with Gasteiger partial charge in [0.2, 0.25) is 0 Å². The summed E-state index contributed by atoms with van der Waals surface area (Å²) < 4.78 is 7.27. The van der Waals surface area contributed by atoms with Crippen LogP contribution in [0, 0.1) is 0 Å². The normalized spacial score (nSPS) is 11.9. The molecule has 12 aromatic rings. The van der Waals surface area contributed by atoms with Crippen LogP contribution in [-0.2, 0) is 0 Å². The topological polar surface area (TPSA) is 43.6 Å². The van der Waals surface area contributed by atoms with E-state index < -0.39 is 0 Å². The molecule has 0 N–H and O–H groups in total. The number of hydrogen-bond donors (Lipinski definition) is 0. The Morgan fingerprint density at radius 3 is 1.79 bits per heavy atom. The number of para-hydroxylation sites is 2. The summed E-state index contributed by atoms with van der Waals surface area (Å²) in [6, 6.07) is 64.8. The molecule has 266 valence electrons. The molecule has 0 aliphatic carbocycles. The molecule has 0 bridgehead atoms. The Kier molecular flexibility index (Phi) is 7.24. The van der Waals surface area contributed by atoms with Crippen LogP contribution in [0.4, 0.5) is 0 Å². The maximum absolute atomic E-state index is 5.32. The van der Waals surface area contributed by atoms with Crippen molar-refractivity contribution in [3.63, 3.8) is 0 Å². The summed E-state index contributed by atoms with van der Waals surface area (Å²) >= 11 is 3.62. The Morgan fingerprint density at radius 1 is 0.351 bits per heavy atom. The molecule has 12 rings (SSSR count). The largest absolute Gasteiger partial charge is 0.309 e. The predicted molar refractivity (Wildman–Crippen MR) is 242 cm³/mol. The van der Waals surface area contributed by atoms with Gasteiger partial charge in [-0.1, -0.05) is 140 Å². The van der Waals surface area contributed by atoms with Gasteiger partial charge >= 0.3 is 0 Å². The fourth-order valence-corrected chi connectivity index (χ4v) is 11.0. The Hall–Kier alpha value is -6.99. The second-order valence-corrected chi connectivity index (χ2v) is 16.4. The van der Waals surface area contributed by atoms with E-state index in [1.807, 2.05) is 29.5 Å². The zero-order valence-corrected chi connectivity index (χ0v) is 32.1. The van der Waals surface area contributed by atoms with Gasteiger partial charge in [-0.15, -0.1) is 22.7 Å². The van der Waals surface area contributed by atoms with E-state index in [-0.39, 0.29) is 0 Å². The smallest absolute Gasteiger partial charge is 0.165 e. The monoisotopic (exact) mass is 762 g/mol. The van der Waals surface area contributed by atoms with Gasteiger partial charge in [-0.25, -0.2) is 15.0 Å². The van der Waals surface area contributed by atoms with Crippen LogP contribution < -0.4 is 0 Å². The number of thiophene rings is 2. The Balaban J connectivity index is 1.07. The van der Waals surface area contributed by atoms with Crippen molar-refractivity contribution < 1.29 is 0 Å². The quantitative estimate of drug-likeness (QED) is 0.175. The standard InChI is InChI=1S/C51H30N4S2/c1-3-14-31(15-4-1)49-52-50(54-51(53-49)41-24-12-21-38-37-19-8-10-26-44(37)56-48(38)41)40-23-13-27-45-46(40)39-22-11-20-34(47(39)57-45)32-28-29-36-35-18-7-9-25-42(35)55(43(36)30-32)33-16-5-2-6-17-33/h1-30H. The van der Waals surface area contributed by atoms with E-state index in [9.17, 15) is 0 Å². The lowest BCUT2D eigenvalue weighted by atomic mass is 9.99. The number of benzene rings is 8. The molecule has 0 spiro atoms. The molecule has 4 nitrogen and oxygen atoms in total. The fraction of sp³-hybridized carbons (Fsp3) is 0. The van der Waals surface area contributed by atoms with Gasteiger partial charge < -0.3 is 4.57 Å². The van der Waals surface area contributed by atoms with Gasteiger partial charge in [0.15, 0.2) is 17.5 Å². The molecule has 0 saturated heterocycles. The van der Waals surface area contributed by atoms with Gasteiger partial charge in [0, 0.05) is 73.5 Å². The van der Waals surface area contributed by atoms with Gasteiger partial charge in [0.1, 0.15) is 0 Å². The minimum absolute atomic E-state index is 0.660. The lowest BCUT2D eigenvalue weighted by Crippen LogP contribution is -2.00. The first kappa shape index (κ1) is 32.3. The van der Waals surface area contributed by atoms with E-state index in [4.69, 9.17) is 15.0 Å². The average Bonchev–Trinajstić information content (AvgIpc) is 3.96. The number of hydrogen-bond acceptors (Lipinski definition) is 5. The molecule has 8 aromatic carbocycles. The molecule has 6 heteroatoms. The third kappa shape index (κ3) is 5.08. The molecule has 0 aliphatic rings. The zero-order valence-electron chi connectivity index (χ0n) is 30.4. The Morgan fingerprint density at radius 2 is 0.930 bits per heavy atom. The van der Waals surface area contributed by atoms with Gasteiger partial charge in [0.25, 0.3) is 0 Å². The highest BCUT2D eigenvalue weighted by Gasteiger charge is 2.21. The number of nitrogens with zero attached hydrogens (tertiary/aromatic N) is 4. The first-order chi connectivity index (χ1) is 28.3. The van der Waals surface area contributed by atoms with E-state index in [0.29, 0.717) is 17.5 Å². The summed E-state index contributed by atoms with van der Waals surface area (Å²) in [4.78, 5) is 15.7. The highest BCUT2D eigenvalue weighted by atomic mass is 32.1. The molecule has 0 fully saturated rings. The van der Waals surface area contributed by atoms with E-state index >= 15 is 0 Å². The van der Waals surface area contributed by atoms with E-state index in [2.05, 4.69) is 168 Å². The molecule has 0 amide bonds. The molecular weight excluding hydrogens is 733 g/mol. The van der Waals surface area contributed by atoms with Crippen molar-refractivity contribution in [3.8, 4) is 51.0 Å². The van der Waals surface area contributed by atoms with Gasteiger partial charge in [-0.05, 0) is 53.6 Å². The molecule has 0 unspecified atom stereocenters. The van der Waals surface area contributed by atoms with E-state index in [0.717, 1.165) is 27.8 Å². The van der Waals surface area contributed by atoms with Gasteiger partial charge in [-0.2, -0.15) is 0 Å². The fourth-order valence-electron chi connectivity index (χ4n) is 8.51. The second-order valence-electron chi connectivity index (χ2n) is 14.3. The SMILES string of the molecule is c1ccc(-c2nc(-c3cccc4c3sc3ccccc34)nc(-c3cccc4sc5c(-c6ccc7c8ccccc8n(-c8ccccc8)c7c6)cccc5c34)n2)cc1. The van der Waals surface area contributed by atoms with Crippen molar-refractivity contribution in [2.24, 2.45) is 0 Å². The zero-order chi connectivity index (χ0) is 37.5.